The smallest absolute Gasteiger partial charge is 0.112 e. The van der Waals surface area contributed by atoms with Gasteiger partial charge in [0.15, 0.2) is 0 Å². The third-order valence-corrected chi connectivity index (χ3v) is 3.31. The SMILES string of the molecule is CCC(CCO)Nc1ccnc2cc(Br)cnc12. The number of fused-ring (bicyclic) bond motifs is 1. The van der Waals surface area contributed by atoms with Crippen molar-refractivity contribution in [2.75, 3.05) is 11.9 Å². The summed E-state index contributed by atoms with van der Waals surface area (Å²) in [6.45, 7) is 2.29. The number of hydrogen-bond acceptors (Lipinski definition) is 4. The van der Waals surface area contributed by atoms with Crippen LogP contribution in [0.3, 0.4) is 0 Å². The van der Waals surface area contributed by atoms with Crippen LogP contribution in [-0.2, 0) is 0 Å². The van der Waals surface area contributed by atoms with Gasteiger partial charge < -0.3 is 10.4 Å². The van der Waals surface area contributed by atoms with Crippen LogP contribution in [0.5, 0.6) is 0 Å². The van der Waals surface area contributed by atoms with Crippen LogP contribution in [0.15, 0.2) is 29.0 Å². The van der Waals surface area contributed by atoms with Crippen molar-refractivity contribution >= 4 is 32.7 Å². The van der Waals surface area contributed by atoms with Crippen molar-refractivity contribution in [1.29, 1.82) is 0 Å². The van der Waals surface area contributed by atoms with E-state index >= 15 is 0 Å². The number of anilines is 1. The molecule has 2 rings (SSSR count). The Morgan fingerprint density at radius 1 is 1.44 bits per heavy atom. The molecule has 2 aromatic rings. The van der Waals surface area contributed by atoms with E-state index in [4.69, 9.17) is 5.11 Å². The first-order valence-corrected chi connectivity index (χ1v) is 6.81. The average Bonchev–Trinajstić information content (AvgIpc) is 2.38. The fourth-order valence-electron chi connectivity index (χ4n) is 1.88. The molecule has 1 unspecified atom stereocenters. The lowest BCUT2D eigenvalue weighted by molar-refractivity contribution is 0.278. The molecule has 96 valence electrons. The maximum absolute atomic E-state index is 9.02. The summed E-state index contributed by atoms with van der Waals surface area (Å²) in [4.78, 5) is 8.69. The number of nitrogens with one attached hydrogen (secondary N) is 1. The van der Waals surface area contributed by atoms with Gasteiger partial charge >= 0.3 is 0 Å². The number of hydrogen-bond donors (Lipinski definition) is 2. The highest BCUT2D eigenvalue weighted by Crippen LogP contribution is 2.23. The van der Waals surface area contributed by atoms with Crippen LogP contribution in [0.1, 0.15) is 19.8 Å². The molecule has 5 heteroatoms. The van der Waals surface area contributed by atoms with E-state index in [-0.39, 0.29) is 12.6 Å². The quantitative estimate of drug-likeness (QED) is 0.891. The predicted molar refractivity (Wildman–Crippen MR) is 76.6 cm³/mol. The van der Waals surface area contributed by atoms with Crippen molar-refractivity contribution in [2.24, 2.45) is 0 Å². The van der Waals surface area contributed by atoms with Crippen molar-refractivity contribution < 1.29 is 5.11 Å². The fourth-order valence-corrected chi connectivity index (χ4v) is 2.20. The van der Waals surface area contributed by atoms with Crippen molar-refractivity contribution in [3.8, 4) is 0 Å². The molecule has 0 amide bonds. The van der Waals surface area contributed by atoms with E-state index in [1.165, 1.54) is 0 Å². The summed E-state index contributed by atoms with van der Waals surface area (Å²) in [6, 6.07) is 4.12. The van der Waals surface area contributed by atoms with Gasteiger partial charge in [-0.1, -0.05) is 6.92 Å². The molecule has 2 aromatic heterocycles. The van der Waals surface area contributed by atoms with Gasteiger partial charge in [-0.3, -0.25) is 9.97 Å². The van der Waals surface area contributed by atoms with E-state index in [2.05, 4.69) is 38.1 Å². The Kier molecular flexibility index (Phi) is 4.49. The van der Waals surface area contributed by atoms with Gasteiger partial charge in [-0.2, -0.15) is 0 Å². The topological polar surface area (TPSA) is 58.0 Å². The highest BCUT2D eigenvalue weighted by Gasteiger charge is 2.09. The Morgan fingerprint density at radius 2 is 2.28 bits per heavy atom. The fraction of sp³-hybridized carbons (Fsp3) is 0.385. The zero-order valence-electron chi connectivity index (χ0n) is 10.2. The van der Waals surface area contributed by atoms with Crippen LogP contribution in [0.25, 0.3) is 11.0 Å². The molecule has 18 heavy (non-hydrogen) atoms. The zero-order valence-corrected chi connectivity index (χ0v) is 11.8. The molecule has 4 nitrogen and oxygen atoms in total. The van der Waals surface area contributed by atoms with Crippen LogP contribution >= 0.6 is 15.9 Å². The summed E-state index contributed by atoms with van der Waals surface area (Å²) in [7, 11) is 0. The van der Waals surface area contributed by atoms with E-state index in [1.807, 2.05) is 12.1 Å². The van der Waals surface area contributed by atoms with Crippen molar-refractivity contribution in [1.82, 2.24) is 9.97 Å². The molecule has 1 atom stereocenters. The van der Waals surface area contributed by atoms with E-state index in [0.29, 0.717) is 0 Å². The summed E-state index contributed by atoms with van der Waals surface area (Å²) in [5.74, 6) is 0. The van der Waals surface area contributed by atoms with Gasteiger partial charge in [0.05, 0.1) is 11.2 Å². The van der Waals surface area contributed by atoms with E-state index in [1.54, 1.807) is 12.4 Å². The number of nitrogens with zero attached hydrogens (tertiary/aromatic N) is 2. The third-order valence-electron chi connectivity index (χ3n) is 2.87. The number of pyridine rings is 2. The van der Waals surface area contributed by atoms with E-state index in [9.17, 15) is 0 Å². The summed E-state index contributed by atoms with van der Waals surface area (Å²) < 4.78 is 0.919. The van der Waals surface area contributed by atoms with Gasteiger partial charge in [0.2, 0.25) is 0 Å². The molecule has 0 aliphatic heterocycles. The standard InChI is InChI=1S/C13H16BrN3O/c1-2-10(4-6-18)17-11-3-5-15-12-7-9(14)8-16-13(11)12/h3,5,7-8,10,18H,2,4,6H2,1H3,(H,15,17). The van der Waals surface area contributed by atoms with Gasteiger partial charge in [-0.05, 0) is 40.9 Å². The first-order chi connectivity index (χ1) is 8.74. The van der Waals surface area contributed by atoms with Gasteiger partial charge in [0, 0.05) is 29.5 Å². The second-order valence-electron chi connectivity index (χ2n) is 4.14. The highest BCUT2D eigenvalue weighted by molar-refractivity contribution is 9.10. The molecule has 0 spiro atoms. The first-order valence-electron chi connectivity index (χ1n) is 6.02. The average molecular weight is 310 g/mol. The number of aliphatic hydroxyl groups is 1. The molecule has 0 saturated heterocycles. The molecule has 0 bridgehead atoms. The van der Waals surface area contributed by atoms with Crippen LogP contribution in [-0.4, -0.2) is 27.7 Å². The number of rotatable bonds is 5. The van der Waals surface area contributed by atoms with Crippen molar-refractivity contribution in [3.05, 3.63) is 29.0 Å². The lowest BCUT2D eigenvalue weighted by atomic mass is 10.1. The Bertz CT molecular complexity index is 533. The highest BCUT2D eigenvalue weighted by atomic mass is 79.9. The molecule has 0 radical (unpaired) electrons. The van der Waals surface area contributed by atoms with Crippen molar-refractivity contribution in [2.45, 2.75) is 25.8 Å². The molecule has 2 heterocycles. The Hall–Kier alpha value is -1.20. The zero-order chi connectivity index (χ0) is 13.0. The monoisotopic (exact) mass is 309 g/mol. The van der Waals surface area contributed by atoms with Gasteiger partial charge in [0.1, 0.15) is 5.52 Å². The largest absolute Gasteiger partial charge is 0.396 e. The lowest BCUT2D eigenvalue weighted by Gasteiger charge is -2.17. The minimum absolute atomic E-state index is 0.188. The summed E-state index contributed by atoms with van der Waals surface area (Å²) in [6.07, 6.45) is 5.23. The minimum atomic E-state index is 0.188. The van der Waals surface area contributed by atoms with Crippen LogP contribution in [0.4, 0.5) is 5.69 Å². The molecule has 0 saturated carbocycles. The molecular formula is C13H16BrN3O. The number of aromatic nitrogens is 2. The van der Waals surface area contributed by atoms with Gasteiger partial charge in [-0.25, -0.2) is 0 Å². The van der Waals surface area contributed by atoms with Gasteiger partial charge in [-0.15, -0.1) is 0 Å². The molecule has 0 aliphatic rings. The molecule has 0 fully saturated rings. The summed E-state index contributed by atoms with van der Waals surface area (Å²) in [5.41, 5.74) is 2.68. The maximum Gasteiger partial charge on any atom is 0.112 e. The maximum atomic E-state index is 9.02. The van der Waals surface area contributed by atoms with E-state index < -0.39 is 0 Å². The third kappa shape index (κ3) is 2.97. The Labute approximate surface area is 115 Å². The summed E-state index contributed by atoms with van der Waals surface area (Å²) >= 11 is 3.39. The Morgan fingerprint density at radius 3 is 3.00 bits per heavy atom. The Balaban J connectivity index is 2.32. The van der Waals surface area contributed by atoms with Crippen LogP contribution in [0.2, 0.25) is 0 Å². The van der Waals surface area contributed by atoms with Crippen LogP contribution < -0.4 is 5.32 Å². The van der Waals surface area contributed by atoms with Crippen LogP contribution in [0, 0.1) is 0 Å². The molecular weight excluding hydrogens is 294 g/mol. The number of halogens is 1. The molecule has 2 N–H and O–H groups in total. The predicted octanol–water partition coefficient (Wildman–Crippen LogP) is 2.97. The lowest BCUT2D eigenvalue weighted by Crippen LogP contribution is -2.20. The van der Waals surface area contributed by atoms with Crippen molar-refractivity contribution in [3.63, 3.8) is 0 Å². The summed E-state index contributed by atoms with van der Waals surface area (Å²) in [5, 5.41) is 12.4. The second kappa shape index (κ2) is 6.11. The molecule has 0 aromatic carbocycles. The number of aliphatic hydroxyl groups excluding tert-OH is 1. The second-order valence-corrected chi connectivity index (χ2v) is 5.06. The van der Waals surface area contributed by atoms with E-state index in [0.717, 1.165) is 34.0 Å². The molecule has 0 aliphatic carbocycles. The minimum Gasteiger partial charge on any atom is -0.396 e. The van der Waals surface area contributed by atoms with Gasteiger partial charge in [0.25, 0.3) is 0 Å². The first kappa shape index (κ1) is 13.2. The normalized spacial score (nSPS) is 12.6.